The highest BCUT2D eigenvalue weighted by molar-refractivity contribution is 7.19. The molecule has 6 rings (SSSR count). The lowest BCUT2D eigenvalue weighted by Gasteiger charge is -2.15. The van der Waals surface area contributed by atoms with E-state index in [4.69, 9.17) is 10.4 Å². The number of nitrogens with zero attached hydrogens (tertiary/aromatic N) is 5. The van der Waals surface area contributed by atoms with Crippen molar-refractivity contribution >= 4 is 44.7 Å². The summed E-state index contributed by atoms with van der Waals surface area (Å²) in [5.41, 5.74) is 5.96. The van der Waals surface area contributed by atoms with Crippen LogP contribution in [0.2, 0.25) is 0 Å². The zero-order chi connectivity index (χ0) is 27.1. The molecule has 4 aromatic heterocycles. The molecule has 0 unspecified atom stereocenters. The predicted octanol–water partition coefficient (Wildman–Crippen LogP) is 3.10. The van der Waals surface area contributed by atoms with E-state index in [0.717, 1.165) is 15.0 Å². The van der Waals surface area contributed by atoms with Gasteiger partial charge in [-0.3, -0.25) is 19.0 Å². The number of fused-ring (bicyclic) bond motifs is 2. The van der Waals surface area contributed by atoms with Crippen LogP contribution in [-0.2, 0) is 11.3 Å². The monoisotopic (exact) mass is 542 g/mol. The average Bonchev–Trinajstić information content (AvgIpc) is 3.66. The normalized spacial score (nSPS) is 16.2. The molecular weight excluding hydrogens is 520 g/mol. The standard InChI is InChI=1S/C26H22N8O4S/c1-13-7-18(24(35)30-11-16-8-15-10-28-20(27)9-19(15)39-16)34-23(13)29-12-17(26(34)37)31-25(36)22-21(32-38-33-22)14-5-3-2-4-6-14/h2-6,8-10,12-13,18H,7,11H2,1H3,(H2,27,28)(H,30,35)(H,31,36)/t13-,18+/m1/s1. The molecule has 1 aliphatic rings. The number of amides is 2. The van der Waals surface area contributed by atoms with Crippen molar-refractivity contribution in [2.75, 3.05) is 11.1 Å². The van der Waals surface area contributed by atoms with Crippen molar-refractivity contribution in [2.24, 2.45) is 0 Å². The molecule has 0 bridgehead atoms. The summed E-state index contributed by atoms with van der Waals surface area (Å²) in [6.45, 7) is 2.19. The van der Waals surface area contributed by atoms with Crippen LogP contribution in [0.4, 0.5) is 11.5 Å². The molecule has 2 atom stereocenters. The van der Waals surface area contributed by atoms with Crippen molar-refractivity contribution in [3.05, 3.63) is 81.6 Å². The number of aromatic nitrogens is 5. The van der Waals surface area contributed by atoms with Crippen LogP contribution in [0.5, 0.6) is 0 Å². The van der Waals surface area contributed by atoms with Crippen LogP contribution in [0.3, 0.4) is 0 Å². The molecule has 196 valence electrons. The van der Waals surface area contributed by atoms with Crippen LogP contribution < -0.4 is 21.9 Å². The van der Waals surface area contributed by atoms with Gasteiger partial charge in [0.15, 0.2) is 0 Å². The molecule has 1 aliphatic heterocycles. The first-order valence-electron chi connectivity index (χ1n) is 12.1. The van der Waals surface area contributed by atoms with E-state index < -0.39 is 17.5 Å². The number of carbonyl (C=O) groups excluding carboxylic acids is 2. The summed E-state index contributed by atoms with van der Waals surface area (Å²) in [5.74, 6) is -0.199. The number of pyridine rings is 1. The van der Waals surface area contributed by atoms with E-state index in [1.807, 2.05) is 19.1 Å². The van der Waals surface area contributed by atoms with E-state index in [2.05, 4.69) is 30.9 Å². The van der Waals surface area contributed by atoms with E-state index in [1.54, 1.807) is 36.5 Å². The fourth-order valence-corrected chi connectivity index (χ4v) is 5.71. The number of hydrogen-bond donors (Lipinski definition) is 3. The number of nitrogens with one attached hydrogen (secondary N) is 2. The number of rotatable bonds is 6. The van der Waals surface area contributed by atoms with Gasteiger partial charge in [0.05, 0.1) is 12.7 Å². The molecule has 39 heavy (non-hydrogen) atoms. The Morgan fingerprint density at radius 2 is 1.97 bits per heavy atom. The zero-order valence-corrected chi connectivity index (χ0v) is 21.4. The summed E-state index contributed by atoms with van der Waals surface area (Å²) < 4.78 is 7.12. The van der Waals surface area contributed by atoms with Crippen molar-refractivity contribution in [3.63, 3.8) is 0 Å². The van der Waals surface area contributed by atoms with E-state index in [9.17, 15) is 14.4 Å². The maximum absolute atomic E-state index is 13.5. The molecule has 12 nitrogen and oxygen atoms in total. The summed E-state index contributed by atoms with van der Waals surface area (Å²) >= 11 is 1.51. The average molecular weight is 543 g/mol. The maximum atomic E-state index is 13.5. The fourth-order valence-electron chi connectivity index (χ4n) is 4.69. The molecule has 0 spiro atoms. The SMILES string of the molecule is C[C@@H]1C[C@@H](C(=O)NCc2cc3cnc(N)cc3s2)n2c1ncc(NC(=O)c1nonc1-c1ccccc1)c2=O. The molecule has 2 amide bonds. The highest BCUT2D eigenvalue weighted by Gasteiger charge is 2.36. The van der Waals surface area contributed by atoms with Gasteiger partial charge in [-0.05, 0) is 28.9 Å². The summed E-state index contributed by atoms with van der Waals surface area (Å²) in [4.78, 5) is 49.1. The van der Waals surface area contributed by atoms with Crippen LogP contribution in [0.1, 0.15) is 46.5 Å². The van der Waals surface area contributed by atoms with Gasteiger partial charge in [0.1, 0.15) is 29.1 Å². The van der Waals surface area contributed by atoms with Gasteiger partial charge in [0, 0.05) is 32.6 Å². The summed E-state index contributed by atoms with van der Waals surface area (Å²) in [6, 6.07) is 11.9. The minimum Gasteiger partial charge on any atom is -0.384 e. The van der Waals surface area contributed by atoms with Crippen molar-refractivity contribution in [3.8, 4) is 11.3 Å². The lowest BCUT2D eigenvalue weighted by molar-refractivity contribution is -0.124. The Balaban J connectivity index is 1.22. The Labute approximate surface area is 224 Å². The van der Waals surface area contributed by atoms with Gasteiger partial charge in [-0.15, -0.1) is 11.3 Å². The first-order valence-corrected chi connectivity index (χ1v) is 12.9. The Hall–Kier alpha value is -4.91. The first kappa shape index (κ1) is 24.4. The van der Waals surface area contributed by atoms with E-state index in [0.29, 0.717) is 30.2 Å². The van der Waals surface area contributed by atoms with Gasteiger partial charge in [-0.25, -0.2) is 14.6 Å². The molecule has 5 heterocycles. The van der Waals surface area contributed by atoms with Crippen LogP contribution in [0.25, 0.3) is 21.3 Å². The number of thiophene rings is 1. The Bertz CT molecular complexity index is 1780. The Morgan fingerprint density at radius 1 is 1.15 bits per heavy atom. The number of nitrogen functional groups attached to an aromatic ring is 1. The van der Waals surface area contributed by atoms with Crippen molar-refractivity contribution in [2.45, 2.75) is 31.8 Å². The third kappa shape index (κ3) is 4.52. The second-order valence-corrected chi connectivity index (χ2v) is 10.4. The minimum atomic E-state index is -0.771. The molecule has 13 heteroatoms. The van der Waals surface area contributed by atoms with Gasteiger partial charge < -0.3 is 16.4 Å². The van der Waals surface area contributed by atoms with E-state index in [-0.39, 0.29) is 28.9 Å². The number of nitrogens with two attached hydrogens (primary N) is 1. The maximum Gasteiger partial charge on any atom is 0.280 e. The fraction of sp³-hybridized carbons (Fsp3) is 0.192. The second-order valence-electron chi connectivity index (χ2n) is 9.22. The summed E-state index contributed by atoms with van der Waals surface area (Å²) in [5, 5.41) is 14.0. The molecular formula is C26H22N8O4S. The van der Waals surface area contributed by atoms with Gasteiger partial charge >= 0.3 is 0 Å². The van der Waals surface area contributed by atoms with Gasteiger partial charge in [-0.1, -0.05) is 37.3 Å². The lowest BCUT2D eigenvalue weighted by Crippen LogP contribution is -2.36. The zero-order valence-electron chi connectivity index (χ0n) is 20.6. The van der Waals surface area contributed by atoms with Gasteiger partial charge in [0.2, 0.25) is 11.6 Å². The minimum absolute atomic E-state index is 0.0750. The molecule has 0 saturated carbocycles. The second kappa shape index (κ2) is 9.76. The van der Waals surface area contributed by atoms with E-state index >= 15 is 0 Å². The number of anilines is 2. The third-order valence-electron chi connectivity index (χ3n) is 6.56. The number of carbonyl (C=O) groups is 2. The van der Waals surface area contributed by atoms with Crippen LogP contribution >= 0.6 is 11.3 Å². The van der Waals surface area contributed by atoms with E-state index in [1.165, 1.54) is 22.1 Å². The molecule has 0 saturated heterocycles. The quantitative estimate of drug-likeness (QED) is 0.292. The third-order valence-corrected chi connectivity index (χ3v) is 7.66. The molecule has 0 aliphatic carbocycles. The predicted molar refractivity (Wildman–Crippen MR) is 144 cm³/mol. The topological polar surface area (TPSA) is 171 Å². The van der Waals surface area contributed by atoms with Gasteiger partial charge in [-0.2, -0.15) is 0 Å². The molecule has 4 N–H and O–H groups in total. The van der Waals surface area contributed by atoms with Crippen molar-refractivity contribution in [1.82, 2.24) is 30.2 Å². The summed E-state index contributed by atoms with van der Waals surface area (Å²) in [6.07, 6.45) is 3.40. The van der Waals surface area contributed by atoms with Gasteiger partial charge in [0.25, 0.3) is 11.5 Å². The largest absolute Gasteiger partial charge is 0.384 e. The molecule has 1 aromatic carbocycles. The van der Waals surface area contributed by atoms with Crippen molar-refractivity contribution < 1.29 is 14.2 Å². The van der Waals surface area contributed by atoms with Crippen LogP contribution in [0, 0.1) is 0 Å². The highest BCUT2D eigenvalue weighted by Crippen LogP contribution is 2.34. The molecule has 5 aromatic rings. The molecule has 0 radical (unpaired) electrons. The van der Waals surface area contributed by atoms with Crippen LogP contribution in [-0.4, -0.2) is 36.7 Å². The number of benzene rings is 1. The van der Waals surface area contributed by atoms with Crippen molar-refractivity contribution in [1.29, 1.82) is 0 Å². The molecule has 0 fully saturated rings. The van der Waals surface area contributed by atoms with Crippen LogP contribution in [0.15, 0.2) is 64.3 Å². The number of hydrogen-bond acceptors (Lipinski definition) is 10. The first-order chi connectivity index (χ1) is 18.9. The summed E-state index contributed by atoms with van der Waals surface area (Å²) in [7, 11) is 0. The Morgan fingerprint density at radius 3 is 2.79 bits per heavy atom. The highest BCUT2D eigenvalue weighted by atomic mass is 32.1. The smallest absolute Gasteiger partial charge is 0.280 e. The lowest BCUT2D eigenvalue weighted by atomic mass is 10.1. The Kier molecular flexibility index (Phi) is 6.11.